The van der Waals surface area contributed by atoms with Crippen molar-refractivity contribution in [1.82, 2.24) is 20.1 Å². The van der Waals surface area contributed by atoms with E-state index < -0.39 is 0 Å². The number of likely N-dealkylation sites (tertiary alicyclic amines) is 1. The SMILES string of the molecule is COc1cc(C(=O)N2CC(OC)C2)ccc1Nc1cc2cc(-c3cn[nH]c3)ccc2cn1. The van der Waals surface area contributed by atoms with Crippen molar-refractivity contribution in [3.8, 4) is 16.9 Å². The van der Waals surface area contributed by atoms with Gasteiger partial charge in [-0.1, -0.05) is 12.1 Å². The summed E-state index contributed by atoms with van der Waals surface area (Å²) in [5, 5.41) is 12.3. The second kappa shape index (κ2) is 8.32. The van der Waals surface area contributed by atoms with Gasteiger partial charge in [-0.3, -0.25) is 9.89 Å². The Morgan fingerprint density at radius 3 is 2.69 bits per heavy atom. The lowest BCUT2D eigenvalue weighted by molar-refractivity contribution is -0.0192. The van der Waals surface area contributed by atoms with Crippen molar-refractivity contribution >= 4 is 28.2 Å². The van der Waals surface area contributed by atoms with E-state index in [0.717, 1.165) is 27.6 Å². The van der Waals surface area contributed by atoms with Crippen LogP contribution in [0.25, 0.3) is 21.9 Å². The summed E-state index contributed by atoms with van der Waals surface area (Å²) >= 11 is 0. The number of hydrogen-bond donors (Lipinski definition) is 2. The molecule has 1 amide bonds. The van der Waals surface area contributed by atoms with Crippen molar-refractivity contribution in [2.45, 2.75) is 6.10 Å². The van der Waals surface area contributed by atoms with E-state index >= 15 is 0 Å². The first-order valence-corrected chi connectivity index (χ1v) is 10.3. The number of rotatable bonds is 6. The van der Waals surface area contributed by atoms with Gasteiger partial charge in [0.15, 0.2) is 0 Å². The van der Waals surface area contributed by atoms with E-state index in [1.807, 2.05) is 36.7 Å². The average Bonchev–Trinajstić information content (AvgIpc) is 3.33. The molecule has 32 heavy (non-hydrogen) atoms. The number of amides is 1. The standard InChI is InChI=1S/C24H23N5O3/c1-31-20-13-29(14-20)24(30)16-5-6-21(22(8-16)32-2)28-23-9-18-7-15(19-11-26-27-12-19)3-4-17(18)10-25-23/h3-12,20H,13-14H2,1-2H3,(H,25,28)(H,26,27). The maximum Gasteiger partial charge on any atom is 0.254 e. The van der Waals surface area contributed by atoms with Gasteiger partial charge in [-0.25, -0.2) is 4.98 Å². The number of carbonyl (C=O) groups excluding carboxylic acids is 1. The lowest BCUT2D eigenvalue weighted by Gasteiger charge is -2.38. The molecular weight excluding hydrogens is 406 g/mol. The second-order valence-corrected chi connectivity index (χ2v) is 7.73. The fourth-order valence-corrected chi connectivity index (χ4v) is 3.80. The number of hydrogen-bond acceptors (Lipinski definition) is 6. The Morgan fingerprint density at radius 1 is 1.06 bits per heavy atom. The number of H-pyrrole nitrogens is 1. The summed E-state index contributed by atoms with van der Waals surface area (Å²) < 4.78 is 10.8. The molecule has 4 aromatic rings. The highest BCUT2D eigenvalue weighted by Gasteiger charge is 2.31. The number of pyridine rings is 1. The molecule has 0 bridgehead atoms. The second-order valence-electron chi connectivity index (χ2n) is 7.73. The van der Waals surface area contributed by atoms with E-state index in [0.29, 0.717) is 30.2 Å². The van der Waals surface area contributed by atoms with Crippen molar-refractivity contribution in [1.29, 1.82) is 0 Å². The van der Waals surface area contributed by atoms with E-state index in [4.69, 9.17) is 9.47 Å². The summed E-state index contributed by atoms with van der Waals surface area (Å²) in [6, 6.07) is 13.6. The lowest BCUT2D eigenvalue weighted by atomic mass is 10.0. The number of nitrogens with one attached hydrogen (secondary N) is 2. The molecule has 0 spiro atoms. The van der Waals surface area contributed by atoms with Gasteiger partial charge in [-0.15, -0.1) is 0 Å². The predicted molar refractivity (Wildman–Crippen MR) is 122 cm³/mol. The zero-order valence-electron chi connectivity index (χ0n) is 17.8. The average molecular weight is 429 g/mol. The monoisotopic (exact) mass is 429 g/mol. The van der Waals surface area contributed by atoms with Gasteiger partial charge in [-0.2, -0.15) is 5.10 Å². The number of aromatic nitrogens is 3. The van der Waals surface area contributed by atoms with Gasteiger partial charge >= 0.3 is 0 Å². The molecule has 8 nitrogen and oxygen atoms in total. The van der Waals surface area contributed by atoms with Crippen molar-refractivity contribution in [3.05, 3.63) is 66.6 Å². The van der Waals surface area contributed by atoms with Crippen molar-refractivity contribution in [3.63, 3.8) is 0 Å². The fourth-order valence-electron chi connectivity index (χ4n) is 3.80. The molecule has 2 aromatic carbocycles. The summed E-state index contributed by atoms with van der Waals surface area (Å²) in [6.07, 6.45) is 5.61. The van der Waals surface area contributed by atoms with E-state index in [-0.39, 0.29) is 12.0 Å². The third kappa shape index (κ3) is 3.76. The Labute approximate surface area is 185 Å². The first-order chi connectivity index (χ1) is 15.6. The highest BCUT2D eigenvalue weighted by atomic mass is 16.5. The normalized spacial score (nSPS) is 13.8. The number of methoxy groups -OCH3 is 2. The van der Waals surface area contributed by atoms with Crippen LogP contribution in [0, 0.1) is 0 Å². The van der Waals surface area contributed by atoms with Crippen LogP contribution in [0.1, 0.15) is 10.4 Å². The molecule has 162 valence electrons. The third-order valence-electron chi connectivity index (χ3n) is 5.73. The molecular formula is C24H23N5O3. The Kier molecular flexibility index (Phi) is 5.20. The first kappa shape index (κ1) is 20.0. The maximum atomic E-state index is 12.7. The number of anilines is 2. The van der Waals surface area contributed by atoms with E-state index in [1.165, 1.54) is 0 Å². The van der Waals surface area contributed by atoms with E-state index in [2.05, 4.69) is 26.6 Å². The summed E-state index contributed by atoms with van der Waals surface area (Å²) in [5.74, 6) is 1.23. The molecule has 0 unspecified atom stereocenters. The van der Waals surface area contributed by atoms with Gasteiger partial charge in [-0.05, 0) is 41.3 Å². The molecule has 0 radical (unpaired) electrons. The third-order valence-corrected chi connectivity index (χ3v) is 5.73. The van der Waals surface area contributed by atoms with Crippen LogP contribution in [0.5, 0.6) is 5.75 Å². The first-order valence-electron chi connectivity index (χ1n) is 10.3. The van der Waals surface area contributed by atoms with Crippen LogP contribution < -0.4 is 10.1 Å². The zero-order chi connectivity index (χ0) is 22.1. The molecule has 3 heterocycles. The van der Waals surface area contributed by atoms with Gasteiger partial charge in [0, 0.05) is 49.1 Å². The molecule has 1 fully saturated rings. The number of aromatic amines is 1. The predicted octanol–water partition coefficient (Wildman–Crippen LogP) is 3.85. The van der Waals surface area contributed by atoms with Gasteiger partial charge in [0.2, 0.25) is 0 Å². The number of carbonyl (C=O) groups is 1. The summed E-state index contributed by atoms with van der Waals surface area (Å²) in [4.78, 5) is 19.0. The molecule has 2 aromatic heterocycles. The van der Waals surface area contributed by atoms with Crippen LogP contribution in [0.2, 0.25) is 0 Å². The molecule has 1 aliphatic rings. The lowest BCUT2D eigenvalue weighted by Crippen LogP contribution is -2.54. The maximum absolute atomic E-state index is 12.7. The number of fused-ring (bicyclic) bond motifs is 1. The topological polar surface area (TPSA) is 92.4 Å². The van der Waals surface area contributed by atoms with E-state index in [1.54, 1.807) is 37.4 Å². The molecule has 0 aliphatic carbocycles. The molecule has 8 heteroatoms. The summed E-state index contributed by atoms with van der Waals surface area (Å²) in [7, 11) is 3.25. The van der Waals surface area contributed by atoms with Crippen LogP contribution in [-0.2, 0) is 4.74 Å². The minimum absolute atomic E-state index is 0.0289. The van der Waals surface area contributed by atoms with Crippen LogP contribution in [0.4, 0.5) is 11.5 Å². The molecule has 0 saturated carbocycles. The Morgan fingerprint density at radius 2 is 1.94 bits per heavy atom. The van der Waals surface area contributed by atoms with Gasteiger partial charge in [0.1, 0.15) is 11.6 Å². The van der Waals surface area contributed by atoms with Crippen LogP contribution >= 0.6 is 0 Å². The highest BCUT2D eigenvalue weighted by Crippen LogP contribution is 2.31. The molecule has 1 aliphatic heterocycles. The zero-order valence-corrected chi connectivity index (χ0v) is 17.8. The van der Waals surface area contributed by atoms with Crippen molar-refractivity contribution in [2.24, 2.45) is 0 Å². The van der Waals surface area contributed by atoms with Crippen LogP contribution in [-0.4, -0.2) is 59.4 Å². The largest absolute Gasteiger partial charge is 0.495 e. The van der Waals surface area contributed by atoms with E-state index in [9.17, 15) is 4.79 Å². The number of benzene rings is 2. The quantitative estimate of drug-likeness (QED) is 0.484. The molecule has 5 rings (SSSR count). The van der Waals surface area contributed by atoms with Gasteiger partial charge < -0.3 is 19.7 Å². The van der Waals surface area contributed by atoms with Gasteiger partial charge in [0.05, 0.1) is 25.1 Å². The minimum Gasteiger partial charge on any atom is -0.495 e. The van der Waals surface area contributed by atoms with Crippen LogP contribution in [0.3, 0.4) is 0 Å². The molecule has 0 atom stereocenters. The van der Waals surface area contributed by atoms with Crippen LogP contribution in [0.15, 0.2) is 61.1 Å². The summed E-state index contributed by atoms with van der Waals surface area (Å²) in [6.45, 7) is 1.22. The van der Waals surface area contributed by atoms with Crippen molar-refractivity contribution < 1.29 is 14.3 Å². The molecule has 1 saturated heterocycles. The van der Waals surface area contributed by atoms with Crippen molar-refractivity contribution in [2.75, 3.05) is 32.6 Å². The fraction of sp³-hybridized carbons (Fsp3) is 0.208. The Bertz CT molecular complexity index is 1270. The summed E-state index contributed by atoms with van der Waals surface area (Å²) in [5.41, 5.74) is 3.42. The number of ether oxygens (including phenoxy) is 2. The van der Waals surface area contributed by atoms with Gasteiger partial charge in [0.25, 0.3) is 5.91 Å². The Balaban J connectivity index is 1.38. The minimum atomic E-state index is -0.0289. The highest BCUT2D eigenvalue weighted by molar-refractivity contribution is 5.96. The smallest absolute Gasteiger partial charge is 0.254 e. The molecule has 2 N–H and O–H groups in total. The Hall–Kier alpha value is -3.91. The number of nitrogens with zero attached hydrogens (tertiary/aromatic N) is 3.